The number of amides is 2. The number of likely N-dealkylation sites (tertiary alicyclic amines) is 1. The number of piperidine rings is 1. The molecule has 0 aliphatic carbocycles. The average molecular weight is 438 g/mol. The summed E-state index contributed by atoms with van der Waals surface area (Å²) in [5, 5.41) is 0. The number of benzene rings is 1. The van der Waals surface area contributed by atoms with Crippen LogP contribution in [0.3, 0.4) is 0 Å². The van der Waals surface area contributed by atoms with E-state index >= 15 is 0 Å². The molecule has 0 saturated carbocycles. The molecule has 172 valence electrons. The Bertz CT molecular complexity index is 988. The van der Waals surface area contributed by atoms with Crippen molar-refractivity contribution in [3.8, 4) is 0 Å². The summed E-state index contributed by atoms with van der Waals surface area (Å²) in [4.78, 5) is 39.9. The molecule has 2 aromatic rings. The number of aryl methyl sites for hydroxylation is 2. The van der Waals surface area contributed by atoms with Gasteiger partial charge in [-0.25, -0.2) is 9.97 Å². The second kappa shape index (κ2) is 10.1. The molecule has 1 aliphatic rings. The van der Waals surface area contributed by atoms with Gasteiger partial charge in [0.1, 0.15) is 11.6 Å². The predicted octanol–water partition coefficient (Wildman–Crippen LogP) is 3.09. The number of rotatable bonds is 6. The average Bonchev–Trinajstić information content (AvgIpc) is 2.76. The van der Waals surface area contributed by atoms with Crippen LogP contribution in [0.1, 0.15) is 53.9 Å². The lowest BCUT2D eigenvalue weighted by atomic mass is 9.97. The van der Waals surface area contributed by atoms with Gasteiger partial charge in [-0.1, -0.05) is 18.2 Å². The van der Waals surface area contributed by atoms with Crippen LogP contribution in [-0.4, -0.2) is 65.8 Å². The van der Waals surface area contributed by atoms with E-state index in [1.807, 2.05) is 43.1 Å². The first kappa shape index (κ1) is 23.7. The number of nitrogens with zero attached hydrogens (tertiary/aromatic N) is 5. The van der Waals surface area contributed by atoms with Gasteiger partial charge in [0.15, 0.2) is 0 Å². The van der Waals surface area contributed by atoms with E-state index in [0.29, 0.717) is 19.5 Å². The fraction of sp³-hybridized carbons (Fsp3) is 0.520. The van der Waals surface area contributed by atoms with E-state index in [1.54, 1.807) is 11.8 Å². The van der Waals surface area contributed by atoms with Crippen LogP contribution < -0.4 is 4.90 Å². The van der Waals surface area contributed by atoms with Gasteiger partial charge in [0.2, 0.25) is 11.8 Å². The molecular weight excluding hydrogens is 402 g/mol. The van der Waals surface area contributed by atoms with Crippen molar-refractivity contribution in [2.45, 2.75) is 52.5 Å². The Hall–Kier alpha value is -2.96. The first-order chi connectivity index (χ1) is 15.1. The van der Waals surface area contributed by atoms with Crippen molar-refractivity contribution < 1.29 is 9.59 Å². The third-order valence-corrected chi connectivity index (χ3v) is 6.22. The Labute approximate surface area is 191 Å². The molecular formula is C25H35N5O2. The molecule has 0 radical (unpaired) electrons. The zero-order valence-electron chi connectivity index (χ0n) is 20.2. The lowest BCUT2D eigenvalue weighted by Crippen LogP contribution is -2.38. The van der Waals surface area contributed by atoms with E-state index < -0.39 is 0 Å². The van der Waals surface area contributed by atoms with Crippen LogP contribution in [0.5, 0.6) is 0 Å². The quantitative estimate of drug-likeness (QED) is 0.695. The molecule has 2 amide bonds. The third-order valence-electron chi connectivity index (χ3n) is 6.22. The minimum Gasteiger partial charge on any atom is -0.363 e. The Morgan fingerprint density at radius 3 is 2.50 bits per heavy atom. The summed E-state index contributed by atoms with van der Waals surface area (Å²) in [5.41, 5.74) is 4.26. The molecule has 3 rings (SSSR count). The number of hydrogen-bond donors (Lipinski definition) is 0. The second-order valence-electron chi connectivity index (χ2n) is 9.12. The highest BCUT2D eigenvalue weighted by atomic mass is 16.2. The number of aromatic nitrogens is 2. The fourth-order valence-electron chi connectivity index (χ4n) is 4.02. The van der Waals surface area contributed by atoms with E-state index in [1.165, 1.54) is 11.1 Å². The van der Waals surface area contributed by atoms with E-state index in [4.69, 9.17) is 9.97 Å². The van der Waals surface area contributed by atoms with Crippen LogP contribution >= 0.6 is 0 Å². The van der Waals surface area contributed by atoms with Crippen molar-refractivity contribution in [2.24, 2.45) is 0 Å². The molecule has 1 atom stereocenters. The van der Waals surface area contributed by atoms with Crippen molar-refractivity contribution in [3.63, 3.8) is 0 Å². The first-order valence-corrected chi connectivity index (χ1v) is 11.2. The van der Waals surface area contributed by atoms with Crippen molar-refractivity contribution >= 4 is 17.6 Å². The molecule has 0 bridgehead atoms. The second-order valence-corrected chi connectivity index (χ2v) is 9.12. The van der Waals surface area contributed by atoms with Gasteiger partial charge in [0.05, 0.1) is 18.7 Å². The maximum Gasteiger partial charge on any atom is 0.227 e. The Balaban J connectivity index is 1.76. The van der Waals surface area contributed by atoms with Gasteiger partial charge in [-0.15, -0.1) is 0 Å². The highest BCUT2D eigenvalue weighted by Gasteiger charge is 2.26. The van der Waals surface area contributed by atoms with E-state index in [9.17, 15) is 9.59 Å². The number of likely N-dealkylation sites (N-methyl/N-ethyl adjacent to an activating group) is 1. The van der Waals surface area contributed by atoms with Crippen LogP contribution in [0.15, 0.2) is 24.3 Å². The minimum atomic E-state index is 0.0558. The summed E-state index contributed by atoms with van der Waals surface area (Å²) in [5.74, 6) is 1.84. The Morgan fingerprint density at radius 1 is 1.09 bits per heavy atom. The Kier molecular flexibility index (Phi) is 7.48. The topological polar surface area (TPSA) is 69.6 Å². The molecule has 1 aromatic carbocycles. The molecule has 1 unspecified atom stereocenters. The molecule has 7 nitrogen and oxygen atoms in total. The van der Waals surface area contributed by atoms with Gasteiger partial charge in [0.25, 0.3) is 0 Å². The van der Waals surface area contributed by atoms with Crippen LogP contribution in [0.25, 0.3) is 0 Å². The molecule has 1 aliphatic heterocycles. The van der Waals surface area contributed by atoms with Gasteiger partial charge in [0, 0.05) is 53.1 Å². The van der Waals surface area contributed by atoms with Crippen LogP contribution in [0, 0.1) is 13.8 Å². The normalized spacial score (nSPS) is 16.1. The van der Waals surface area contributed by atoms with Crippen molar-refractivity contribution in [1.29, 1.82) is 0 Å². The fourth-order valence-corrected chi connectivity index (χ4v) is 4.02. The number of carbonyl (C=O) groups is 2. The van der Waals surface area contributed by atoms with Gasteiger partial charge in [-0.3, -0.25) is 9.59 Å². The molecule has 1 aromatic heterocycles. The van der Waals surface area contributed by atoms with Gasteiger partial charge in [-0.2, -0.15) is 0 Å². The van der Waals surface area contributed by atoms with Crippen LogP contribution in [0.4, 0.5) is 5.82 Å². The van der Waals surface area contributed by atoms with Crippen LogP contribution in [-0.2, 0) is 22.6 Å². The molecule has 1 saturated heterocycles. The molecule has 0 N–H and O–H groups in total. The highest BCUT2D eigenvalue weighted by Crippen LogP contribution is 2.26. The van der Waals surface area contributed by atoms with Crippen molar-refractivity contribution in [3.05, 3.63) is 52.5 Å². The third kappa shape index (κ3) is 5.84. The van der Waals surface area contributed by atoms with Gasteiger partial charge >= 0.3 is 0 Å². The van der Waals surface area contributed by atoms with E-state index in [-0.39, 0.29) is 17.7 Å². The van der Waals surface area contributed by atoms with Gasteiger partial charge in [-0.05, 0) is 43.4 Å². The monoisotopic (exact) mass is 437 g/mol. The maximum absolute atomic E-state index is 12.9. The lowest BCUT2D eigenvalue weighted by Gasteiger charge is -2.31. The Morgan fingerprint density at radius 2 is 1.84 bits per heavy atom. The molecule has 2 heterocycles. The maximum atomic E-state index is 12.9. The number of anilines is 1. The SMILES string of the molecule is CC(=O)N1CCCC(c2nc(CN(C)C(=O)Cc3ccc(C)c(C)c3)cc(N(C)C)n2)C1. The summed E-state index contributed by atoms with van der Waals surface area (Å²) in [6, 6.07) is 8.10. The number of carbonyl (C=O) groups excluding carboxylic acids is 2. The minimum absolute atomic E-state index is 0.0558. The van der Waals surface area contributed by atoms with Crippen LogP contribution in [0.2, 0.25) is 0 Å². The van der Waals surface area contributed by atoms with Crippen molar-refractivity contribution in [2.75, 3.05) is 39.1 Å². The molecule has 32 heavy (non-hydrogen) atoms. The summed E-state index contributed by atoms with van der Waals surface area (Å²) in [6.45, 7) is 7.61. The summed E-state index contributed by atoms with van der Waals surface area (Å²) in [7, 11) is 5.72. The smallest absolute Gasteiger partial charge is 0.227 e. The summed E-state index contributed by atoms with van der Waals surface area (Å²) in [6.07, 6.45) is 2.28. The predicted molar refractivity (Wildman–Crippen MR) is 127 cm³/mol. The lowest BCUT2D eigenvalue weighted by molar-refractivity contribution is -0.130. The summed E-state index contributed by atoms with van der Waals surface area (Å²) >= 11 is 0. The standard InChI is InChI=1S/C25H35N5O2/c1-17-9-10-20(12-18(17)2)13-24(32)29(6)16-22-14-23(28(4)5)27-25(26-22)21-8-7-11-30(15-21)19(3)31/h9-10,12,14,21H,7-8,11,13,15-16H2,1-6H3. The number of hydrogen-bond acceptors (Lipinski definition) is 5. The largest absolute Gasteiger partial charge is 0.363 e. The zero-order chi connectivity index (χ0) is 23.4. The van der Waals surface area contributed by atoms with Gasteiger partial charge < -0.3 is 14.7 Å². The first-order valence-electron chi connectivity index (χ1n) is 11.2. The highest BCUT2D eigenvalue weighted by molar-refractivity contribution is 5.78. The van der Waals surface area contributed by atoms with E-state index in [0.717, 1.165) is 42.3 Å². The molecule has 1 fully saturated rings. The molecule has 7 heteroatoms. The molecule has 0 spiro atoms. The van der Waals surface area contributed by atoms with Crippen molar-refractivity contribution in [1.82, 2.24) is 19.8 Å². The summed E-state index contributed by atoms with van der Waals surface area (Å²) < 4.78 is 0. The van der Waals surface area contributed by atoms with E-state index in [2.05, 4.69) is 26.0 Å². The zero-order valence-corrected chi connectivity index (χ0v) is 20.2.